The molecule has 5 heteroatoms. The summed E-state index contributed by atoms with van der Waals surface area (Å²) in [4.78, 5) is 14.2. The molecule has 0 bridgehead atoms. The van der Waals surface area contributed by atoms with E-state index in [9.17, 15) is 4.79 Å². The third-order valence-corrected chi connectivity index (χ3v) is 4.80. The Balaban J connectivity index is 1.83. The molecular formula is C13H18ClNO2S. The van der Waals surface area contributed by atoms with Crippen molar-refractivity contribution in [3.63, 3.8) is 0 Å². The Morgan fingerprint density at radius 3 is 3.11 bits per heavy atom. The molecule has 3 nitrogen and oxygen atoms in total. The average Bonchev–Trinajstić information content (AvgIpc) is 2.73. The molecule has 0 amide bonds. The van der Waals surface area contributed by atoms with E-state index in [-0.39, 0.29) is 6.42 Å². The summed E-state index contributed by atoms with van der Waals surface area (Å²) >= 11 is 7.80. The van der Waals surface area contributed by atoms with E-state index in [0.29, 0.717) is 5.92 Å². The van der Waals surface area contributed by atoms with Crippen molar-refractivity contribution in [3.05, 3.63) is 21.3 Å². The van der Waals surface area contributed by atoms with E-state index in [1.54, 1.807) is 11.3 Å². The predicted octanol–water partition coefficient (Wildman–Crippen LogP) is 3.48. The van der Waals surface area contributed by atoms with Gasteiger partial charge in [0.05, 0.1) is 5.02 Å². The Labute approximate surface area is 116 Å². The van der Waals surface area contributed by atoms with Crippen molar-refractivity contribution in [1.29, 1.82) is 0 Å². The van der Waals surface area contributed by atoms with Gasteiger partial charge in [0.1, 0.15) is 0 Å². The second-order valence-electron chi connectivity index (χ2n) is 4.87. The van der Waals surface area contributed by atoms with Gasteiger partial charge in [0, 0.05) is 24.4 Å². The molecule has 1 atom stereocenters. The number of hydrogen-bond donors (Lipinski definition) is 1. The SMILES string of the molecule is O=C(O)CCC1CCCN(Cc2sccc2Cl)C1. The topological polar surface area (TPSA) is 40.5 Å². The van der Waals surface area contributed by atoms with Gasteiger partial charge < -0.3 is 5.11 Å². The zero-order valence-corrected chi connectivity index (χ0v) is 11.8. The molecule has 1 aliphatic rings. The van der Waals surface area contributed by atoms with E-state index < -0.39 is 5.97 Å². The zero-order valence-electron chi connectivity index (χ0n) is 10.3. The summed E-state index contributed by atoms with van der Waals surface area (Å²) in [7, 11) is 0. The van der Waals surface area contributed by atoms with Crippen LogP contribution in [-0.2, 0) is 11.3 Å². The molecule has 0 saturated carbocycles. The van der Waals surface area contributed by atoms with Crippen molar-refractivity contribution in [2.75, 3.05) is 13.1 Å². The van der Waals surface area contributed by atoms with Crippen LogP contribution in [0.5, 0.6) is 0 Å². The molecule has 0 aliphatic carbocycles. The Morgan fingerprint density at radius 2 is 2.44 bits per heavy atom. The number of rotatable bonds is 5. The van der Waals surface area contributed by atoms with Crippen LogP contribution < -0.4 is 0 Å². The number of nitrogens with zero attached hydrogens (tertiary/aromatic N) is 1. The van der Waals surface area contributed by atoms with E-state index in [2.05, 4.69) is 4.90 Å². The van der Waals surface area contributed by atoms with E-state index in [1.807, 2.05) is 11.4 Å². The number of thiophene rings is 1. The molecule has 0 spiro atoms. The molecule has 1 fully saturated rings. The highest BCUT2D eigenvalue weighted by molar-refractivity contribution is 7.10. The first-order chi connectivity index (χ1) is 8.65. The third kappa shape index (κ3) is 3.97. The fourth-order valence-electron chi connectivity index (χ4n) is 2.50. The maximum Gasteiger partial charge on any atom is 0.303 e. The standard InChI is InChI=1S/C13H18ClNO2S/c14-11-5-7-18-12(11)9-15-6-1-2-10(8-15)3-4-13(16)17/h5,7,10H,1-4,6,8-9H2,(H,16,17). The molecule has 1 aromatic heterocycles. The Kier molecular flexibility index (Phi) is 5.03. The van der Waals surface area contributed by atoms with Crippen LogP contribution in [0.15, 0.2) is 11.4 Å². The van der Waals surface area contributed by atoms with Gasteiger partial charge in [0.2, 0.25) is 0 Å². The van der Waals surface area contributed by atoms with Gasteiger partial charge in [0.25, 0.3) is 0 Å². The first-order valence-electron chi connectivity index (χ1n) is 6.31. The summed E-state index contributed by atoms with van der Waals surface area (Å²) in [5.41, 5.74) is 0. The van der Waals surface area contributed by atoms with Gasteiger partial charge in [-0.1, -0.05) is 11.6 Å². The van der Waals surface area contributed by atoms with Crippen LogP contribution in [0.2, 0.25) is 5.02 Å². The zero-order chi connectivity index (χ0) is 13.0. The number of carboxylic acid groups (broad SMARTS) is 1. The van der Waals surface area contributed by atoms with Crippen molar-refractivity contribution < 1.29 is 9.90 Å². The molecule has 100 valence electrons. The lowest BCUT2D eigenvalue weighted by molar-refractivity contribution is -0.137. The molecule has 1 N–H and O–H groups in total. The summed E-state index contributed by atoms with van der Waals surface area (Å²) in [5, 5.41) is 11.6. The van der Waals surface area contributed by atoms with Gasteiger partial charge in [-0.2, -0.15) is 0 Å². The summed E-state index contributed by atoms with van der Waals surface area (Å²) in [6, 6.07) is 1.94. The second-order valence-corrected chi connectivity index (χ2v) is 6.28. The highest BCUT2D eigenvalue weighted by Crippen LogP contribution is 2.27. The molecule has 0 radical (unpaired) electrons. The molecule has 1 unspecified atom stereocenters. The monoisotopic (exact) mass is 287 g/mol. The number of carboxylic acids is 1. The second kappa shape index (κ2) is 6.55. The lowest BCUT2D eigenvalue weighted by Crippen LogP contribution is -2.34. The molecule has 18 heavy (non-hydrogen) atoms. The molecule has 2 heterocycles. The molecule has 1 saturated heterocycles. The maximum absolute atomic E-state index is 10.6. The van der Waals surface area contributed by atoms with E-state index in [4.69, 9.17) is 16.7 Å². The van der Waals surface area contributed by atoms with Gasteiger partial charge in [0.15, 0.2) is 0 Å². The van der Waals surface area contributed by atoms with Crippen LogP contribution in [0, 0.1) is 5.92 Å². The van der Waals surface area contributed by atoms with Crippen molar-refractivity contribution in [2.45, 2.75) is 32.2 Å². The smallest absolute Gasteiger partial charge is 0.303 e. The van der Waals surface area contributed by atoms with Crippen molar-refractivity contribution in [2.24, 2.45) is 5.92 Å². The Morgan fingerprint density at radius 1 is 1.61 bits per heavy atom. The summed E-state index contributed by atoms with van der Waals surface area (Å²) < 4.78 is 0. The first-order valence-corrected chi connectivity index (χ1v) is 7.57. The fraction of sp³-hybridized carbons (Fsp3) is 0.615. The van der Waals surface area contributed by atoms with Crippen molar-refractivity contribution in [3.8, 4) is 0 Å². The number of carbonyl (C=O) groups is 1. The summed E-state index contributed by atoms with van der Waals surface area (Å²) in [6.07, 6.45) is 3.40. The van der Waals surface area contributed by atoms with Gasteiger partial charge in [-0.3, -0.25) is 9.69 Å². The number of hydrogen-bond acceptors (Lipinski definition) is 3. The average molecular weight is 288 g/mol. The molecule has 2 rings (SSSR count). The molecule has 0 aromatic carbocycles. The minimum Gasteiger partial charge on any atom is -0.481 e. The lowest BCUT2D eigenvalue weighted by atomic mass is 9.93. The van der Waals surface area contributed by atoms with Crippen LogP contribution in [0.1, 0.15) is 30.6 Å². The van der Waals surface area contributed by atoms with Crippen LogP contribution in [0.3, 0.4) is 0 Å². The van der Waals surface area contributed by atoms with Crippen molar-refractivity contribution >= 4 is 28.9 Å². The Hall–Kier alpha value is -0.580. The highest BCUT2D eigenvalue weighted by Gasteiger charge is 2.21. The maximum atomic E-state index is 10.6. The third-order valence-electron chi connectivity index (χ3n) is 3.43. The number of aliphatic carboxylic acids is 1. The van der Waals surface area contributed by atoms with Gasteiger partial charge in [-0.05, 0) is 43.2 Å². The van der Waals surface area contributed by atoms with Crippen LogP contribution >= 0.6 is 22.9 Å². The number of piperidine rings is 1. The first kappa shape index (κ1) is 13.8. The van der Waals surface area contributed by atoms with Gasteiger partial charge in [-0.15, -0.1) is 11.3 Å². The van der Waals surface area contributed by atoms with E-state index >= 15 is 0 Å². The fourth-order valence-corrected chi connectivity index (χ4v) is 3.64. The largest absolute Gasteiger partial charge is 0.481 e. The molecule has 1 aromatic rings. The highest BCUT2D eigenvalue weighted by atomic mass is 35.5. The Bertz CT molecular complexity index is 407. The van der Waals surface area contributed by atoms with Crippen LogP contribution in [0.25, 0.3) is 0 Å². The number of likely N-dealkylation sites (tertiary alicyclic amines) is 1. The quantitative estimate of drug-likeness (QED) is 0.901. The van der Waals surface area contributed by atoms with Crippen LogP contribution in [-0.4, -0.2) is 29.1 Å². The summed E-state index contributed by atoms with van der Waals surface area (Å²) in [6.45, 7) is 3.00. The van der Waals surface area contributed by atoms with E-state index in [1.165, 1.54) is 4.88 Å². The minimum absolute atomic E-state index is 0.290. The predicted molar refractivity (Wildman–Crippen MR) is 74.2 cm³/mol. The normalized spacial score (nSPS) is 21.1. The minimum atomic E-state index is -0.687. The lowest BCUT2D eigenvalue weighted by Gasteiger charge is -2.32. The van der Waals surface area contributed by atoms with E-state index in [0.717, 1.165) is 43.9 Å². The summed E-state index contributed by atoms with van der Waals surface area (Å²) in [5.74, 6) is -0.165. The van der Waals surface area contributed by atoms with Gasteiger partial charge in [-0.25, -0.2) is 0 Å². The molecule has 1 aliphatic heterocycles. The van der Waals surface area contributed by atoms with Gasteiger partial charge >= 0.3 is 5.97 Å². The number of halogens is 1. The van der Waals surface area contributed by atoms with Crippen LogP contribution in [0.4, 0.5) is 0 Å². The molecular weight excluding hydrogens is 270 g/mol. The van der Waals surface area contributed by atoms with Crippen molar-refractivity contribution in [1.82, 2.24) is 4.90 Å².